The fourth-order valence-electron chi connectivity index (χ4n) is 0.263. The molecule has 2 N–H and O–H groups in total. The smallest absolute Gasteiger partial charge is 0.305 e. The second-order valence-electron chi connectivity index (χ2n) is 2.63. The van der Waals surface area contributed by atoms with Gasteiger partial charge >= 0.3 is 11.9 Å². The lowest BCUT2D eigenvalue weighted by Gasteiger charge is -1.93. The summed E-state index contributed by atoms with van der Waals surface area (Å²) in [6.45, 7) is 7.92. The van der Waals surface area contributed by atoms with Crippen molar-refractivity contribution >= 4 is 11.9 Å². The molecule has 0 bridgehead atoms. The van der Waals surface area contributed by atoms with Crippen LogP contribution in [0.2, 0.25) is 0 Å². The molecule has 0 unspecified atom stereocenters. The zero-order valence-electron chi connectivity index (χ0n) is 10.7. The SMILES string of the molecule is CCC(=O)O.CCCO.CCOC(=O)CC. The van der Waals surface area contributed by atoms with Gasteiger partial charge in [0.15, 0.2) is 0 Å². The van der Waals surface area contributed by atoms with Crippen LogP contribution in [0.5, 0.6) is 0 Å². The van der Waals surface area contributed by atoms with Gasteiger partial charge in [0, 0.05) is 19.4 Å². The van der Waals surface area contributed by atoms with Crippen molar-refractivity contribution < 1.29 is 24.5 Å². The molecule has 0 aliphatic rings. The Kier molecular flexibility index (Phi) is 24.7. The zero-order valence-corrected chi connectivity index (χ0v) is 10.7. The number of carbonyl (C=O) groups is 2. The number of carbonyl (C=O) groups excluding carboxylic acids is 1. The van der Waals surface area contributed by atoms with E-state index in [2.05, 4.69) is 4.74 Å². The van der Waals surface area contributed by atoms with Gasteiger partial charge < -0.3 is 14.9 Å². The van der Waals surface area contributed by atoms with Gasteiger partial charge in [-0.05, 0) is 13.3 Å². The van der Waals surface area contributed by atoms with E-state index < -0.39 is 5.97 Å². The largest absolute Gasteiger partial charge is 0.481 e. The first-order valence-electron chi connectivity index (χ1n) is 5.48. The number of hydrogen-bond acceptors (Lipinski definition) is 4. The standard InChI is InChI=1S/C5H10O2.C3H6O2.C3H8O/c1-3-5(6)7-4-2;1-2-3(4)5;1-2-3-4/h3-4H2,1-2H3;2H2,1H3,(H,4,5);4H,2-3H2,1H3. The Balaban J connectivity index is -0.000000166. The fraction of sp³-hybridized carbons (Fsp3) is 0.818. The van der Waals surface area contributed by atoms with Gasteiger partial charge in [0.25, 0.3) is 0 Å². The lowest BCUT2D eigenvalue weighted by Crippen LogP contribution is -2.00. The minimum absolute atomic E-state index is 0.123. The molecule has 5 heteroatoms. The van der Waals surface area contributed by atoms with Crippen molar-refractivity contribution in [2.45, 2.75) is 47.0 Å². The van der Waals surface area contributed by atoms with Crippen LogP contribution in [0.3, 0.4) is 0 Å². The van der Waals surface area contributed by atoms with E-state index >= 15 is 0 Å². The van der Waals surface area contributed by atoms with Crippen LogP contribution in [0.1, 0.15) is 47.0 Å². The lowest BCUT2D eigenvalue weighted by molar-refractivity contribution is -0.142. The van der Waals surface area contributed by atoms with Gasteiger partial charge in [-0.1, -0.05) is 20.8 Å². The number of aliphatic hydroxyl groups is 1. The van der Waals surface area contributed by atoms with Crippen LogP contribution in [-0.2, 0) is 14.3 Å². The third-order valence-corrected chi connectivity index (χ3v) is 1.12. The van der Waals surface area contributed by atoms with Gasteiger partial charge in [-0.15, -0.1) is 0 Å². The highest BCUT2D eigenvalue weighted by Gasteiger charge is 1.91. The van der Waals surface area contributed by atoms with E-state index in [-0.39, 0.29) is 12.4 Å². The maximum atomic E-state index is 10.2. The predicted molar refractivity (Wildman–Crippen MR) is 62.2 cm³/mol. The summed E-state index contributed by atoms with van der Waals surface area (Å²) in [5, 5.41) is 15.6. The summed E-state index contributed by atoms with van der Waals surface area (Å²) < 4.78 is 4.55. The Labute approximate surface area is 97.4 Å². The average molecular weight is 236 g/mol. The Hall–Kier alpha value is -1.10. The summed E-state index contributed by atoms with van der Waals surface area (Å²) in [6, 6.07) is 0. The molecule has 0 heterocycles. The molecule has 5 nitrogen and oxygen atoms in total. The fourth-order valence-corrected chi connectivity index (χ4v) is 0.263. The van der Waals surface area contributed by atoms with Gasteiger partial charge in [-0.3, -0.25) is 9.59 Å². The summed E-state index contributed by atoms with van der Waals surface area (Å²) >= 11 is 0. The van der Waals surface area contributed by atoms with Crippen LogP contribution in [0, 0.1) is 0 Å². The zero-order chi connectivity index (χ0) is 13.4. The first-order valence-corrected chi connectivity index (χ1v) is 5.48. The molecule has 0 amide bonds. The van der Waals surface area contributed by atoms with Crippen LogP contribution in [-0.4, -0.2) is 35.4 Å². The van der Waals surface area contributed by atoms with Crippen LogP contribution in [0.25, 0.3) is 0 Å². The van der Waals surface area contributed by atoms with Crippen molar-refractivity contribution in [1.82, 2.24) is 0 Å². The molecule has 0 spiro atoms. The number of carboxylic acids is 1. The van der Waals surface area contributed by atoms with Crippen LogP contribution in [0.15, 0.2) is 0 Å². The number of hydrogen-bond donors (Lipinski definition) is 2. The van der Waals surface area contributed by atoms with Gasteiger partial charge in [0.1, 0.15) is 0 Å². The number of rotatable bonds is 4. The highest BCUT2D eigenvalue weighted by Crippen LogP contribution is 1.80. The van der Waals surface area contributed by atoms with Crippen molar-refractivity contribution in [1.29, 1.82) is 0 Å². The van der Waals surface area contributed by atoms with Gasteiger partial charge in [-0.2, -0.15) is 0 Å². The third kappa shape index (κ3) is 38.4. The quantitative estimate of drug-likeness (QED) is 0.727. The van der Waals surface area contributed by atoms with Crippen LogP contribution in [0.4, 0.5) is 0 Å². The van der Waals surface area contributed by atoms with E-state index in [0.717, 1.165) is 6.42 Å². The summed E-state index contributed by atoms with van der Waals surface area (Å²) in [6.07, 6.45) is 1.58. The Morgan fingerprint density at radius 1 is 1.06 bits per heavy atom. The summed E-state index contributed by atoms with van der Waals surface area (Å²) in [7, 11) is 0. The Bertz CT molecular complexity index is 154. The van der Waals surface area contributed by atoms with Crippen molar-refractivity contribution in [3.63, 3.8) is 0 Å². The normalized spacial score (nSPS) is 7.81. The summed E-state index contributed by atoms with van der Waals surface area (Å²) in [5.74, 6) is -0.868. The molecular weight excluding hydrogens is 212 g/mol. The summed E-state index contributed by atoms with van der Waals surface area (Å²) in [4.78, 5) is 19.6. The molecule has 0 aromatic heterocycles. The topological polar surface area (TPSA) is 83.8 Å². The molecule has 98 valence electrons. The minimum atomic E-state index is -0.745. The van der Waals surface area contributed by atoms with Crippen molar-refractivity contribution in [3.05, 3.63) is 0 Å². The van der Waals surface area contributed by atoms with Gasteiger partial charge in [0.2, 0.25) is 0 Å². The molecule has 0 aliphatic carbocycles. The Morgan fingerprint density at radius 2 is 1.44 bits per heavy atom. The molecule has 0 saturated carbocycles. The molecule has 0 aromatic rings. The van der Waals surface area contributed by atoms with Crippen LogP contribution < -0.4 is 0 Å². The van der Waals surface area contributed by atoms with E-state index in [4.69, 9.17) is 10.2 Å². The predicted octanol–water partition coefficient (Wildman–Crippen LogP) is 1.83. The highest BCUT2D eigenvalue weighted by molar-refractivity contribution is 5.68. The minimum Gasteiger partial charge on any atom is -0.481 e. The number of carboxylic acid groups (broad SMARTS) is 1. The van der Waals surface area contributed by atoms with Gasteiger partial charge in [0.05, 0.1) is 6.61 Å². The lowest BCUT2D eigenvalue weighted by atomic mass is 10.5. The summed E-state index contributed by atoms with van der Waals surface area (Å²) in [5.41, 5.74) is 0. The monoisotopic (exact) mass is 236 g/mol. The van der Waals surface area contributed by atoms with Crippen molar-refractivity contribution in [2.24, 2.45) is 0 Å². The van der Waals surface area contributed by atoms with E-state index in [0.29, 0.717) is 19.6 Å². The number of esters is 1. The van der Waals surface area contributed by atoms with Crippen LogP contribution >= 0.6 is 0 Å². The number of ether oxygens (including phenoxy) is 1. The first kappa shape index (κ1) is 20.3. The average Bonchev–Trinajstić information content (AvgIpc) is 2.30. The number of aliphatic hydroxyl groups excluding tert-OH is 1. The maximum absolute atomic E-state index is 10.2. The highest BCUT2D eigenvalue weighted by atomic mass is 16.5. The molecule has 0 rings (SSSR count). The van der Waals surface area contributed by atoms with E-state index in [1.165, 1.54) is 0 Å². The van der Waals surface area contributed by atoms with Gasteiger partial charge in [-0.25, -0.2) is 0 Å². The molecular formula is C11H24O5. The molecule has 0 radical (unpaired) electrons. The van der Waals surface area contributed by atoms with E-state index in [1.54, 1.807) is 20.8 Å². The van der Waals surface area contributed by atoms with E-state index in [1.807, 2.05) is 6.92 Å². The molecule has 0 atom stereocenters. The van der Waals surface area contributed by atoms with Crippen molar-refractivity contribution in [2.75, 3.05) is 13.2 Å². The second kappa shape index (κ2) is 19.5. The Morgan fingerprint density at radius 3 is 1.50 bits per heavy atom. The molecule has 0 aromatic carbocycles. The van der Waals surface area contributed by atoms with Crippen molar-refractivity contribution in [3.8, 4) is 0 Å². The first-order chi connectivity index (χ1) is 7.49. The molecule has 0 fully saturated rings. The second-order valence-corrected chi connectivity index (χ2v) is 2.63. The van der Waals surface area contributed by atoms with E-state index in [9.17, 15) is 9.59 Å². The maximum Gasteiger partial charge on any atom is 0.305 e. The molecule has 16 heavy (non-hydrogen) atoms. The number of aliphatic carboxylic acids is 1. The third-order valence-electron chi connectivity index (χ3n) is 1.12. The molecule has 0 aliphatic heterocycles. The molecule has 0 saturated heterocycles.